The largest absolute Gasteiger partial charge is 0.458 e. The highest BCUT2D eigenvalue weighted by atomic mass is 16.5. The predicted octanol–water partition coefficient (Wildman–Crippen LogP) is 2.11. The number of ketones is 1. The van der Waals surface area contributed by atoms with Gasteiger partial charge in [0.2, 0.25) is 0 Å². The van der Waals surface area contributed by atoms with Gasteiger partial charge < -0.3 is 19.7 Å². The first-order chi connectivity index (χ1) is 13.7. The molecule has 4 fully saturated rings. The van der Waals surface area contributed by atoms with Gasteiger partial charge in [0.25, 0.3) is 0 Å². The minimum Gasteiger partial charge on any atom is -0.458 e. The molecule has 158 valence electrons. The summed E-state index contributed by atoms with van der Waals surface area (Å²) in [5.41, 5.74) is -2.55. The van der Waals surface area contributed by atoms with E-state index < -0.39 is 16.6 Å². The fourth-order valence-corrected chi connectivity index (χ4v) is 8.16. The lowest BCUT2D eigenvalue weighted by Crippen LogP contribution is -2.68. The second-order valence-electron chi connectivity index (χ2n) is 10.5. The molecule has 0 radical (unpaired) electrons. The van der Waals surface area contributed by atoms with Crippen LogP contribution in [0.1, 0.15) is 64.7 Å². The molecule has 4 saturated carbocycles. The Kier molecular flexibility index (Phi) is 4.03. The minimum absolute atomic E-state index is 0.0292. The Labute approximate surface area is 170 Å². The number of carbonyl (C=O) groups excluding carboxylic acids is 3. The van der Waals surface area contributed by atoms with Crippen molar-refractivity contribution < 1.29 is 29.3 Å². The summed E-state index contributed by atoms with van der Waals surface area (Å²) < 4.78 is 5.15. The molecule has 0 spiro atoms. The molecule has 0 unspecified atom stereocenters. The van der Waals surface area contributed by atoms with E-state index in [9.17, 15) is 24.6 Å². The van der Waals surface area contributed by atoms with Crippen LogP contribution in [0.25, 0.3) is 0 Å². The van der Waals surface area contributed by atoms with Gasteiger partial charge in [-0.15, -0.1) is 0 Å². The lowest BCUT2D eigenvalue weighted by atomic mass is 9.42. The maximum Gasteiger partial charge on any atom is 0.331 e. The molecule has 2 N–H and O–H groups in total. The normalized spacial score (nSPS) is 51.6. The van der Waals surface area contributed by atoms with Crippen molar-refractivity contribution in [2.45, 2.75) is 75.9 Å². The van der Waals surface area contributed by atoms with Crippen LogP contribution in [0.15, 0.2) is 11.6 Å². The van der Waals surface area contributed by atoms with Crippen molar-refractivity contribution in [1.29, 1.82) is 0 Å². The molecule has 6 heteroatoms. The maximum atomic E-state index is 12.5. The van der Waals surface area contributed by atoms with Crippen LogP contribution in [-0.4, -0.2) is 46.1 Å². The number of cyclic esters (lactones) is 1. The SMILES string of the molecule is C[C@]12CC[C@H]3[C@@H](CC[C@]4(O)CC(=O)CC[C@]34C=O)[C@@]1(O)CC[C@@H]2C1=CC(=O)OC1. The van der Waals surface area contributed by atoms with E-state index in [0.717, 1.165) is 31.1 Å². The third kappa shape index (κ3) is 2.27. The average molecular weight is 402 g/mol. The van der Waals surface area contributed by atoms with Gasteiger partial charge in [0.1, 0.15) is 18.7 Å². The van der Waals surface area contributed by atoms with Crippen molar-refractivity contribution in [3.63, 3.8) is 0 Å². The van der Waals surface area contributed by atoms with Gasteiger partial charge in [0.05, 0.1) is 16.6 Å². The summed E-state index contributed by atoms with van der Waals surface area (Å²) in [6.45, 7) is 2.44. The number of aliphatic hydroxyl groups is 2. The molecule has 4 aliphatic carbocycles. The van der Waals surface area contributed by atoms with Crippen LogP contribution in [0.3, 0.4) is 0 Å². The van der Waals surface area contributed by atoms with Crippen molar-refractivity contribution in [1.82, 2.24) is 0 Å². The topological polar surface area (TPSA) is 101 Å². The van der Waals surface area contributed by atoms with Gasteiger partial charge in [0, 0.05) is 24.3 Å². The second-order valence-corrected chi connectivity index (χ2v) is 10.5. The number of ether oxygens (including phenoxy) is 1. The molecule has 29 heavy (non-hydrogen) atoms. The third-order valence-electron chi connectivity index (χ3n) is 9.69. The number of hydrogen-bond donors (Lipinski definition) is 2. The summed E-state index contributed by atoms with van der Waals surface area (Å²) >= 11 is 0. The smallest absolute Gasteiger partial charge is 0.331 e. The molecule has 0 amide bonds. The van der Waals surface area contributed by atoms with E-state index in [1.165, 1.54) is 0 Å². The molecule has 1 aliphatic heterocycles. The average Bonchev–Trinajstić information content (AvgIpc) is 3.21. The molecule has 0 aromatic carbocycles. The van der Waals surface area contributed by atoms with Crippen LogP contribution in [0.5, 0.6) is 0 Å². The molecule has 7 atom stereocenters. The molecule has 5 rings (SSSR count). The lowest BCUT2D eigenvalue weighted by molar-refractivity contribution is -0.238. The second kappa shape index (κ2) is 6.01. The van der Waals surface area contributed by atoms with Crippen LogP contribution in [0.2, 0.25) is 0 Å². The molecule has 5 aliphatic rings. The van der Waals surface area contributed by atoms with E-state index in [1.807, 2.05) is 0 Å². The van der Waals surface area contributed by atoms with E-state index >= 15 is 0 Å². The van der Waals surface area contributed by atoms with E-state index in [0.29, 0.717) is 38.7 Å². The Bertz CT molecular complexity index is 818. The zero-order chi connectivity index (χ0) is 20.7. The summed E-state index contributed by atoms with van der Waals surface area (Å²) in [7, 11) is 0. The van der Waals surface area contributed by atoms with Gasteiger partial charge in [-0.1, -0.05) is 6.92 Å². The summed E-state index contributed by atoms with van der Waals surface area (Å²) in [6.07, 6.45) is 7.20. The standard InChI is InChI=1S/C23H30O6/c1-20-6-3-17-18(4-8-22(27)11-15(25)2-7-21(17,22)13-24)23(20,28)9-5-16(20)14-10-19(26)29-12-14/h10,13,16-18,27-28H,2-9,11-12H2,1H3/t16-,17+,18-,20-,21+,22+,23+/m1/s1. The molecule has 0 saturated heterocycles. The summed E-state index contributed by atoms with van der Waals surface area (Å²) in [5, 5.41) is 23.5. The van der Waals surface area contributed by atoms with E-state index in [2.05, 4.69) is 6.92 Å². The van der Waals surface area contributed by atoms with Crippen molar-refractivity contribution in [2.24, 2.45) is 28.6 Å². The Morgan fingerprint density at radius 3 is 2.52 bits per heavy atom. The van der Waals surface area contributed by atoms with Crippen molar-refractivity contribution >= 4 is 18.0 Å². The highest BCUT2D eigenvalue weighted by Crippen LogP contribution is 2.70. The molecule has 1 heterocycles. The first-order valence-corrected chi connectivity index (χ1v) is 11.0. The first kappa shape index (κ1) is 19.4. The van der Waals surface area contributed by atoms with Crippen LogP contribution >= 0.6 is 0 Å². The molecule has 0 bridgehead atoms. The van der Waals surface area contributed by atoms with Gasteiger partial charge in [-0.05, 0) is 68.3 Å². The quantitative estimate of drug-likeness (QED) is 0.542. The van der Waals surface area contributed by atoms with Crippen molar-refractivity contribution in [2.75, 3.05) is 6.61 Å². The predicted molar refractivity (Wildman–Crippen MR) is 103 cm³/mol. The van der Waals surface area contributed by atoms with Gasteiger partial charge in [-0.3, -0.25) is 4.79 Å². The third-order valence-corrected chi connectivity index (χ3v) is 9.69. The van der Waals surface area contributed by atoms with Crippen LogP contribution in [0, 0.1) is 28.6 Å². The molecule has 6 nitrogen and oxygen atoms in total. The van der Waals surface area contributed by atoms with Gasteiger partial charge >= 0.3 is 5.97 Å². The number of fused-ring (bicyclic) bond motifs is 5. The van der Waals surface area contributed by atoms with E-state index in [1.54, 1.807) is 6.08 Å². The number of esters is 1. The van der Waals surface area contributed by atoms with Crippen molar-refractivity contribution in [3.05, 3.63) is 11.6 Å². The van der Waals surface area contributed by atoms with Gasteiger partial charge in [-0.2, -0.15) is 0 Å². The molecule has 0 aromatic rings. The summed E-state index contributed by atoms with van der Waals surface area (Å²) in [5.74, 6) is -0.368. The lowest BCUT2D eigenvalue weighted by Gasteiger charge is -2.64. The van der Waals surface area contributed by atoms with Crippen molar-refractivity contribution in [3.8, 4) is 0 Å². The van der Waals surface area contributed by atoms with Gasteiger partial charge in [0.15, 0.2) is 0 Å². The Balaban J connectivity index is 1.52. The molecule has 0 aromatic heterocycles. The van der Waals surface area contributed by atoms with E-state index in [-0.39, 0.29) is 41.3 Å². The van der Waals surface area contributed by atoms with Crippen LogP contribution in [-0.2, 0) is 19.1 Å². The minimum atomic E-state index is -1.28. The zero-order valence-electron chi connectivity index (χ0n) is 17.0. The molecular formula is C23H30O6. The number of Topliss-reactive ketones (excluding diaryl/α,β-unsaturated/α-hetero) is 1. The van der Waals surface area contributed by atoms with E-state index in [4.69, 9.17) is 4.74 Å². The monoisotopic (exact) mass is 402 g/mol. The fraction of sp³-hybridized carbons (Fsp3) is 0.783. The number of carbonyl (C=O) groups is 3. The highest BCUT2D eigenvalue weighted by molar-refractivity contribution is 5.85. The van der Waals surface area contributed by atoms with Crippen LogP contribution < -0.4 is 0 Å². The Morgan fingerprint density at radius 2 is 1.83 bits per heavy atom. The Hall–Kier alpha value is -1.53. The number of hydrogen-bond acceptors (Lipinski definition) is 6. The fourth-order valence-electron chi connectivity index (χ4n) is 8.16. The van der Waals surface area contributed by atoms with Gasteiger partial charge in [-0.25, -0.2) is 4.79 Å². The summed E-state index contributed by atoms with van der Waals surface area (Å²) in [6, 6.07) is 0. The first-order valence-electron chi connectivity index (χ1n) is 11.0. The molecular weight excluding hydrogens is 372 g/mol. The summed E-state index contributed by atoms with van der Waals surface area (Å²) in [4.78, 5) is 36.2. The van der Waals surface area contributed by atoms with Crippen LogP contribution in [0.4, 0.5) is 0 Å². The highest BCUT2D eigenvalue weighted by Gasteiger charge is 2.71. The number of rotatable bonds is 2. The maximum absolute atomic E-state index is 12.5. The zero-order valence-corrected chi connectivity index (χ0v) is 17.0. The number of aldehydes is 1. The Morgan fingerprint density at radius 1 is 1.07 bits per heavy atom.